The summed E-state index contributed by atoms with van der Waals surface area (Å²) in [5.74, 6) is 0. The van der Waals surface area contributed by atoms with Gasteiger partial charge in [0, 0.05) is 46.8 Å². The summed E-state index contributed by atoms with van der Waals surface area (Å²) >= 11 is 0. The summed E-state index contributed by atoms with van der Waals surface area (Å²) in [7, 11) is -3.32. The van der Waals surface area contributed by atoms with Crippen LogP contribution in [-0.2, 0) is 10.0 Å². The maximum Gasteiger partial charge on any atom is 0.235 e. The van der Waals surface area contributed by atoms with E-state index >= 15 is 0 Å². The summed E-state index contributed by atoms with van der Waals surface area (Å²) in [6.07, 6.45) is 0.798. The van der Waals surface area contributed by atoms with Crippen molar-refractivity contribution in [3.63, 3.8) is 0 Å². The quantitative estimate of drug-likeness (QED) is 0.911. The van der Waals surface area contributed by atoms with Gasteiger partial charge in [0.25, 0.3) is 0 Å². The highest BCUT2D eigenvalue weighted by molar-refractivity contribution is 7.92. The molecule has 0 radical (unpaired) electrons. The van der Waals surface area contributed by atoms with Crippen LogP contribution in [0.15, 0.2) is 30.2 Å². The van der Waals surface area contributed by atoms with Gasteiger partial charge in [0.15, 0.2) is 0 Å². The maximum absolute atomic E-state index is 11.8. The van der Waals surface area contributed by atoms with E-state index in [0.29, 0.717) is 13.1 Å². The van der Waals surface area contributed by atoms with Crippen LogP contribution in [0.3, 0.4) is 0 Å². The molecule has 1 aliphatic rings. The second-order valence-electron chi connectivity index (χ2n) is 5.80. The number of sulfonamides is 1. The molecule has 0 aliphatic carbocycles. The zero-order valence-electron chi connectivity index (χ0n) is 12.9. The topological polar surface area (TPSA) is 65.2 Å². The molecule has 2 heterocycles. The number of hydrogen-bond acceptors (Lipinski definition) is 3. The monoisotopic (exact) mass is 319 g/mol. The van der Waals surface area contributed by atoms with Crippen molar-refractivity contribution >= 4 is 26.6 Å². The van der Waals surface area contributed by atoms with E-state index in [9.17, 15) is 8.42 Å². The van der Waals surface area contributed by atoms with Gasteiger partial charge in [0.2, 0.25) is 10.0 Å². The predicted molar refractivity (Wildman–Crippen MR) is 90.5 cm³/mol. The summed E-state index contributed by atoms with van der Waals surface area (Å²) in [6.45, 7) is 8.56. The van der Waals surface area contributed by atoms with Gasteiger partial charge in [-0.2, -0.15) is 4.31 Å². The van der Waals surface area contributed by atoms with E-state index in [4.69, 9.17) is 0 Å². The van der Waals surface area contributed by atoms with Crippen LogP contribution in [0.25, 0.3) is 10.9 Å². The second kappa shape index (κ2) is 5.44. The molecule has 6 heteroatoms. The lowest BCUT2D eigenvalue weighted by Crippen LogP contribution is -2.30. The van der Waals surface area contributed by atoms with Gasteiger partial charge < -0.3 is 10.3 Å². The Balaban J connectivity index is 1.85. The second-order valence-corrected chi connectivity index (χ2v) is 7.68. The molecule has 2 N–H and O–H groups in total. The van der Waals surface area contributed by atoms with Crippen LogP contribution in [-0.4, -0.2) is 36.8 Å². The van der Waals surface area contributed by atoms with E-state index in [1.807, 2.05) is 12.1 Å². The van der Waals surface area contributed by atoms with Gasteiger partial charge in [0.05, 0.1) is 0 Å². The lowest BCUT2D eigenvalue weighted by Gasteiger charge is -2.17. The Bertz CT molecular complexity index is 823. The number of rotatable bonds is 4. The van der Waals surface area contributed by atoms with E-state index in [-0.39, 0.29) is 6.04 Å². The van der Waals surface area contributed by atoms with Crippen LogP contribution in [0.4, 0.5) is 5.69 Å². The Labute approximate surface area is 131 Å². The SMILES string of the molecule is C=CS(=O)(=O)N1CCC(Nc2cccc3[nH]c(C)c(C)c23)C1. The summed E-state index contributed by atoms with van der Waals surface area (Å²) in [6, 6.07) is 6.24. The highest BCUT2D eigenvalue weighted by Crippen LogP contribution is 2.30. The Morgan fingerprint density at radius 3 is 2.91 bits per heavy atom. The highest BCUT2D eigenvalue weighted by Gasteiger charge is 2.29. The fraction of sp³-hybridized carbons (Fsp3) is 0.375. The lowest BCUT2D eigenvalue weighted by atomic mass is 10.1. The zero-order chi connectivity index (χ0) is 15.9. The molecule has 0 spiro atoms. The van der Waals surface area contributed by atoms with Crippen LogP contribution >= 0.6 is 0 Å². The largest absolute Gasteiger partial charge is 0.380 e. The number of hydrogen-bond donors (Lipinski definition) is 2. The predicted octanol–water partition coefficient (Wildman–Crippen LogP) is 2.74. The first-order chi connectivity index (χ1) is 10.4. The van der Waals surface area contributed by atoms with Gasteiger partial charge in [-0.25, -0.2) is 8.42 Å². The van der Waals surface area contributed by atoms with Crippen molar-refractivity contribution in [3.8, 4) is 0 Å². The summed E-state index contributed by atoms with van der Waals surface area (Å²) < 4.78 is 25.2. The van der Waals surface area contributed by atoms with Gasteiger partial charge in [0.1, 0.15) is 0 Å². The minimum absolute atomic E-state index is 0.120. The number of H-pyrrole nitrogens is 1. The lowest BCUT2D eigenvalue weighted by molar-refractivity contribution is 0.483. The number of aromatic nitrogens is 1. The molecule has 118 valence electrons. The molecule has 1 aromatic carbocycles. The van der Waals surface area contributed by atoms with Crippen molar-refractivity contribution in [1.82, 2.24) is 9.29 Å². The average molecular weight is 319 g/mol. The van der Waals surface area contributed by atoms with Gasteiger partial charge in [-0.1, -0.05) is 12.6 Å². The molecule has 0 amide bonds. The number of benzene rings is 1. The molecular weight excluding hydrogens is 298 g/mol. The standard InChI is InChI=1S/C16H21N3O2S/c1-4-22(20,21)19-9-8-13(10-19)18-15-7-5-6-14-16(15)11(2)12(3)17-14/h4-7,13,17-18H,1,8-10H2,2-3H3. The molecule has 1 fully saturated rings. The maximum atomic E-state index is 11.8. The Kier molecular flexibility index (Phi) is 3.74. The minimum Gasteiger partial charge on any atom is -0.380 e. The van der Waals surface area contributed by atoms with Crippen molar-refractivity contribution in [2.45, 2.75) is 26.3 Å². The van der Waals surface area contributed by atoms with Gasteiger partial charge >= 0.3 is 0 Å². The number of nitrogens with zero attached hydrogens (tertiary/aromatic N) is 1. The normalized spacial score (nSPS) is 19.6. The molecule has 2 aromatic rings. The number of aromatic amines is 1. The molecular formula is C16H21N3O2S. The molecule has 1 atom stereocenters. The Morgan fingerprint density at radius 1 is 1.41 bits per heavy atom. The first-order valence-electron chi connectivity index (χ1n) is 7.39. The van der Waals surface area contributed by atoms with Crippen LogP contribution in [0, 0.1) is 13.8 Å². The van der Waals surface area contributed by atoms with Crippen molar-refractivity contribution < 1.29 is 8.42 Å². The smallest absolute Gasteiger partial charge is 0.235 e. The number of anilines is 1. The number of nitrogens with one attached hydrogen (secondary N) is 2. The van der Waals surface area contributed by atoms with Crippen LogP contribution in [0.1, 0.15) is 17.7 Å². The molecule has 1 aliphatic heterocycles. The summed E-state index contributed by atoms with van der Waals surface area (Å²) in [5.41, 5.74) is 4.55. The van der Waals surface area contributed by atoms with Crippen molar-refractivity contribution in [1.29, 1.82) is 0 Å². The van der Waals surface area contributed by atoms with E-state index in [1.54, 1.807) is 0 Å². The summed E-state index contributed by atoms with van der Waals surface area (Å²) in [5, 5.41) is 5.71. The van der Waals surface area contributed by atoms with E-state index in [0.717, 1.165) is 28.7 Å². The third kappa shape index (κ3) is 2.53. The van der Waals surface area contributed by atoms with E-state index in [2.05, 4.69) is 36.8 Å². The molecule has 1 saturated heterocycles. The van der Waals surface area contributed by atoms with Crippen molar-refractivity contribution in [2.75, 3.05) is 18.4 Å². The third-order valence-electron chi connectivity index (χ3n) is 4.41. The molecule has 5 nitrogen and oxygen atoms in total. The molecule has 0 saturated carbocycles. The molecule has 1 aromatic heterocycles. The number of fused-ring (bicyclic) bond motifs is 1. The Hall–Kier alpha value is -1.79. The number of aryl methyl sites for hydroxylation is 2. The van der Waals surface area contributed by atoms with E-state index < -0.39 is 10.0 Å². The molecule has 0 bridgehead atoms. The highest BCUT2D eigenvalue weighted by atomic mass is 32.2. The molecule has 22 heavy (non-hydrogen) atoms. The van der Waals surface area contributed by atoms with Crippen molar-refractivity contribution in [3.05, 3.63) is 41.4 Å². The van der Waals surface area contributed by atoms with Gasteiger partial charge in [-0.3, -0.25) is 0 Å². The first kappa shape index (κ1) is 15.1. The van der Waals surface area contributed by atoms with Gasteiger partial charge in [-0.15, -0.1) is 0 Å². The first-order valence-corrected chi connectivity index (χ1v) is 8.89. The van der Waals surface area contributed by atoms with Crippen LogP contribution < -0.4 is 5.32 Å². The third-order valence-corrected chi connectivity index (χ3v) is 5.88. The Morgan fingerprint density at radius 2 is 2.18 bits per heavy atom. The molecule has 3 rings (SSSR count). The fourth-order valence-corrected chi connectivity index (χ4v) is 4.02. The average Bonchev–Trinajstić information content (AvgIpc) is 3.06. The van der Waals surface area contributed by atoms with Gasteiger partial charge in [-0.05, 0) is 38.0 Å². The van der Waals surface area contributed by atoms with Crippen LogP contribution in [0.5, 0.6) is 0 Å². The fourth-order valence-electron chi connectivity index (χ4n) is 3.07. The minimum atomic E-state index is -3.32. The zero-order valence-corrected chi connectivity index (χ0v) is 13.7. The van der Waals surface area contributed by atoms with Crippen LogP contribution in [0.2, 0.25) is 0 Å². The van der Waals surface area contributed by atoms with E-state index in [1.165, 1.54) is 15.3 Å². The van der Waals surface area contributed by atoms with Crippen molar-refractivity contribution in [2.24, 2.45) is 0 Å². The summed E-state index contributed by atoms with van der Waals surface area (Å²) in [4.78, 5) is 3.37. The molecule has 1 unspecified atom stereocenters.